The fourth-order valence-corrected chi connectivity index (χ4v) is 4.98. The molecule has 0 aromatic carbocycles. The summed E-state index contributed by atoms with van der Waals surface area (Å²) < 4.78 is 23.3. The average Bonchev–Trinajstić information content (AvgIpc) is 3.08. The van der Waals surface area contributed by atoms with E-state index in [0.29, 0.717) is 12.8 Å². The minimum absolute atomic E-state index is 0.0203. The lowest BCUT2D eigenvalue weighted by Gasteiger charge is -2.28. The molecule has 0 spiro atoms. The van der Waals surface area contributed by atoms with E-state index < -0.39 is 6.10 Å². The van der Waals surface area contributed by atoms with Gasteiger partial charge in [0, 0.05) is 44.5 Å². The van der Waals surface area contributed by atoms with Gasteiger partial charge < -0.3 is 28.8 Å². The Morgan fingerprint density at radius 2 is 1.68 bits per heavy atom. The minimum Gasteiger partial charge on any atom is -0.393 e. The Morgan fingerprint density at radius 1 is 0.935 bits per heavy atom. The standard InChI is InChI=1S/C25H42O6/c26-15-14-20-21(23(19-22(20)27)31-25-13-7-10-18-30-25)11-5-3-1-2-4-8-16-28-24-12-6-9-17-29-24/h5,11,15,20-25,27H,1-4,6-10,12-14,16-19H2/t20-,21-,22+,23+,24?,25?/m1/s1. The number of hydrogen-bond donors (Lipinski definition) is 1. The maximum Gasteiger partial charge on any atom is 0.157 e. The average molecular weight is 439 g/mol. The van der Waals surface area contributed by atoms with Crippen molar-refractivity contribution >= 4 is 6.29 Å². The molecule has 3 rings (SSSR count). The Morgan fingerprint density at radius 3 is 2.39 bits per heavy atom. The summed E-state index contributed by atoms with van der Waals surface area (Å²) in [6.07, 6.45) is 17.7. The Balaban J connectivity index is 1.33. The number of rotatable bonds is 13. The van der Waals surface area contributed by atoms with Crippen molar-refractivity contribution in [2.24, 2.45) is 11.8 Å². The molecule has 6 heteroatoms. The smallest absolute Gasteiger partial charge is 0.157 e. The van der Waals surface area contributed by atoms with Crippen molar-refractivity contribution in [2.45, 2.75) is 108 Å². The molecule has 31 heavy (non-hydrogen) atoms. The number of aliphatic hydroxyl groups excluding tert-OH is 1. The number of aliphatic hydroxyl groups is 1. The number of ether oxygens (including phenoxy) is 4. The van der Waals surface area contributed by atoms with E-state index in [4.69, 9.17) is 18.9 Å². The first-order chi connectivity index (χ1) is 15.3. The normalized spacial score (nSPS) is 34.4. The van der Waals surface area contributed by atoms with Crippen LogP contribution in [0.1, 0.15) is 83.5 Å². The fraction of sp³-hybridized carbons (Fsp3) is 0.880. The molecule has 178 valence electrons. The molecule has 6 atom stereocenters. The molecule has 0 aromatic heterocycles. The van der Waals surface area contributed by atoms with E-state index in [-0.39, 0.29) is 30.5 Å². The third-order valence-electron chi connectivity index (χ3n) is 6.79. The predicted octanol–water partition coefficient (Wildman–Crippen LogP) is 4.53. The quantitative estimate of drug-likeness (QED) is 0.259. The SMILES string of the molecule is O=CC[C@@H]1[C@@H](C=CCCCCCCOC2CCCCO2)[C@@H](OC2CCCCO2)C[C@@H]1O. The molecule has 1 N–H and O–H groups in total. The molecule has 2 heterocycles. The summed E-state index contributed by atoms with van der Waals surface area (Å²) in [6.45, 7) is 2.37. The number of unbranched alkanes of at least 4 members (excludes halogenated alkanes) is 4. The van der Waals surface area contributed by atoms with Gasteiger partial charge in [-0.15, -0.1) is 0 Å². The fourth-order valence-electron chi connectivity index (χ4n) is 4.98. The number of carbonyl (C=O) groups is 1. The molecule has 2 unspecified atom stereocenters. The molecule has 0 radical (unpaired) electrons. The van der Waals surface area contributed by atoms with Gasteiger partial charge in [-0.2, -0.15) is 0 Å². The van der Waals surface area contributed by atoms with E-state index in [9.17, 15) is 9.90 Å². The lowest BCUT2D eigenvalue weighted by Crippen LogP contribution is -2.30. The van der Waals surface area contributed by atoms with Crippen molar-refractivity contribution in [3.05, 3.63) is 12.2 Å². The van der Waals surface area contributed by atoms with Crippen molar-refractivity contribution in [3.8, 4) is 0 Å². The predicted molar refractivity (Wildman–Crippen MR) is 119 cm³/mol. The van der Waals surface area contributed by atoms with Crippen LogP contribution >= 0.6 is 0 Å². The number of allylic oxidation sites excluding steroid dienone is 1. The lowest BCUT2D eigenvalue weighted by atomic mass is 9.90. The first kappa shape index (κ1) is 24.8. The summed E-state index contributed by atoms with van der Waals surface area (Å²) in [7, 11) is 0. The highest BCUT2D eigenvalue weighted by Gasteiger charge is 2.42. The maximum absolute atomic E-state index is 11.1. The van der Waals surface area contributed by atoms with Gasteiger partial charge in [0.1, 0.15) is 6.29 Å². The molecule has 1 aliphatic carbocycles. The van der Waals surface area contributed by atoms with Crippen molar-refractivity contribution in [2.75, 3.05) is 19.8 Å². The van der Waals surface area contributed by atoms with Gasteiger partial charge in [-0.25, -0.2) is 0 Å². The Bertz CT molecular complexity index is 512. The van der Waals surface area contributed by atoms with Crippen LogP contribution in [0, 0.1) is 11.8 Å². The molecule has 2 saturated heterocycles. The summed E-state index contributed by atoms with van der Waals surface area (Å²) >= 11 is 0. The Kier molecular flexibility index (Phi) is 11.5. The third-order valence-corrected chi connectivity index (χ3v) is 6.79. The number of carbonyl (C=O) groups excluding carboxylic acids is 1. The van der Waals surface area contributed by atoms with Crippen LogP contribution in [0.3, 0.4) is 0 Å². The van der Waals surface area contributed by atoms with E-state index in [2.05, 4.69) is 12.2 Å². The van der Waals surface area contributed by atoms with Crippen molar-refractivity contribution in [3.63, 3.8) is 0 Å². The molecule has 6 nitrogen and oxygen atoms in total. The molecule has 1 saturated carbocycles. The Labute approximate surface area is 187 Å². The van der Waals surface area contributed by atoms with E-state index in [1.807, 2.05) is 0 Å². The van der Waals surface area contributed by atoms with Crippen LogP contribution in [0.2, 0.25) is 0 Å². The molecular formula is C25H42O6. The van der Waals surface area contributed by atoms with Crippen LogP contribution in [0.15, 0.2) is 12.2 Å². The van der Waals surface area contributed by atoms with Gasteiger partial charge in [-0.3, -0.25) is 0 Å². The first-order valence-corrected chi connectivity index (χ1v) is 12.6. The van der Waals surface area contributed by atoms with Gasteiger partial charge >= 0.3 is 0 Å². The zero-order valence-corrected chi connectivity index (χ0v) is 19.0. The number of aldehydes is 1. The van der Waals surface area contributed by atoms with Crippen LogP contribution in [0.4, 0.5) is 0 Å². The highest BCUT2D eigenvalue weighted by molar-refractivity contribution is 5.50. The monoisotopic (exact) mass is 438 g/mol. The second-order valence-electron chi connectivity index (χ2n) is 9.22. The summed E-state index contributed by atoms with van der Waals surface area (Å²) in [5.74, 6) is 0.0242. The third kappa shape index (κ3) is 8.58. The molecule has 3 fully saturated rings. The van der Waals surface area contributed by atoms with Gasteiger partial charge in [0.05, 0.1) is 12.2 Å². The van der Waals surface area contributed by atoms with Gasteiger partial charge in [0.2, 0.25) is 0 Å². The molecule has 2 aliphatic heterocycles. The van der Waals surface area contributed by atoms with Crippen molar-refractivity contribution in [1.82, 2.24) is 0 Å². The van der Waals surface area contributed by atoms with E-state index in [0.717, 1.165) is 77.5 Å². The molecule has 3 aliphatic rings. The highest BCUT2D eigenvalue weighted by Crippen LogP contribution is 2.38. The van der Waals surface area contributed by atoms with Gasteiger partial charge in [-0.05, 0) is 57.8 Å². The van der Waals surface area contributed by atoms with Crippen LogP contribution in [-0.4, -0.2) is 56.0 Å². The Hall–Kier alpha value is -0.790. The lowest BCUT2D eigenvalue weighted by molar-refractivity contribution is -0.193. The number of hydrogen-bond acceptors (Lipinski definition) is 6. The topological polar surface area (TPSA) is 74.2 Å². The summed E-state index contributed by atoms with van der Waals surface area (Å²) in [4.78, 5) is 11.1. The molecule has 0 aromatic rings. The van der Waals surface area contributed by atoms with Crippen molar-refractivity contribution < 1.29 is 28.8 Å². The molecular weight excluding hydrogens is 396 g/mol. The zero-order chi connectivity index (χ0) is 21.7. The van der Waals surface area contributed by atoms with Crippen molar-refractivity contribution in [1.29, 1.82) is 0 Å². The van der Waals surface area contributed by atoms with Crippen LogP contribution in [0.25, 0.3) is 0 Å². The van der Waals surface area contributed by atoms with E-state index in [1.165, 1.54) is 19.3 Å². The summed E-state index contributed by atoms with van der Waals surface area (Å²) in [6, 6.07) is 0. The summed E-state index contributed by atoms with van der Waals surface area (Å²) in [5.41, 5.74) is 0. The van der Waals surface area contributed by atoms with E-state index >= 15 is 0 Å². The second kappa shape index (κ2) is 14.4. The highest BCUT2D eigenvalue weighted by atomic mass is 16.7. The zero-order valence-electron chi connectivity index (χ0n) is 19.0. The second-order valence-corrected chi connectivity index (χ2v) is 9.22. The first-order valence-electron chi connectivity index (χ1n) is 12.6. The maximum atomic E-state index is 11.1. The van der Waals surface area contributed by atoms with Gasteiger partial charge in [-0.1, -0.05) is 25.0 Å². The largest absolute Gasteiger partial charge is 0.393 e. The molecule has 0 bridgehead atoms. The van der Waals surface area contributed by atoms with Crippen LogP contribution < -0.4 is 0 Å². The van der Waals surface area contributed by atoms with Crippen LogP contribution in [0.5, 0.6) is 0 Å². The minimum atomic E-state index is -0.485. The van der Waals surface area contributed by atoms with Gasteiger partial charge in [0.15, 0.2) is 12.6 Å². The summed E-state index contributed by atoms with van der Waals surface area (Å²) in [5, 5.41) is 10.5. The van der Waals surface area contributed by atoms with Gasteiger partial charge in [0.25, 0.3) is 0 Å². The molecule has 0 amide bonds. The van der Waals surface area contributed by atoms with Crippen LogP contribution in [-0.2, 0) is 23.7 Å². The van der Waals surface area contributed by atoms with E-state index in [1.54, 1.807) is 0 Å².